The second kappa shape index (κ2) is 10.0. The second-order valence-electron chi connectivity index (χ2n) is 8.99. The zero-order chi connectivity index (χ0) is 24.2. The SMILES string of the molecule is COC(=O)c1ccc(C(=O)NC[C@@H](O)[C@@H]2Cc3ccccc3CN2C(=O)OC(C)(C)C)cc1. The van der Waals surface area contributed by atoms with Gasteiger partial charge in [0, 0.05) is 18.7 Å². The number of amides is 2. The Morgan fingerprint density at radius 2 is 1.67 bits per heavy atom. The molecule has 33 heavy (non-hydrogen) atoms. The lowest BCUT2D eigenvalue weighted by molar-refractivity contribution is -0.0113. The summed E-state index contributed by atoms with van der Waals surface area (Å²) in [7, 11) is 1.29. The van der Waals surface area contributed by atoms with Crippen LogP contribution in [-0.4, -0.2) is 59.4 Å². The fourth-order valence-corrected chi connectivity index (χ4v) is 3.72. The number of benzene rings is 2. The number of ether oxygens (including phenoxy) is 2. The van der Waals surface area contributed by atoms with Crippen LogP contribution in [0.3, 0.4) is 0 Å². The van der Waals surface area contributed by atoms with Gasteiger partial charge in [-0.3, -0.25) is 9.69 Å². The number of esters is 1. The summed E-state index contributed by atoms with van der Waals surface area (Å²) in [5.74, 6) is -0.886. The van der Waals surface area contributed by atoms with Crippen LogP contribution in [0.1, 0.15) is 52.6 Å². The van der Waals surface area contributed by atoms with Gasteiger partial charge in [-0.2, -0.15) is 0 Å². The summed E-state index contributed by atoms with van der Waals surface area (Å²) >= 11 is 0. The quantitative estimate of drug-likeness (QED) is 0.673. The molecule has 8 nitrogen and oxygen atoms in total. The standard InChI is InChI=1S/C25H30N2O6/c1-25(2,3)33-24(31)27-15-19-8-6-5-7-18(19)13-20(27)21(28)14-26-22(29)16-9-11-17(12-10-16)23(30)32-4/h5-12,20-21,28H,13-15H2,1-4H3,(H,26,29)/t20-,21+/m0/s1. The Bertz CT molecular complexity index is 1010. The van der Waals surface area contributed by atoms with Gasteiger partial charge in [-0.15, -0.1) is 0 Å². The molecule has 0 saturated carbocycles. The minimum atomic E-state index is -1.01. The molecule has 1 heterocycles. The highest BCUT2D eigenvalue weighted by molar-refractivity contribution is 5.96. The molecule has 1 aliphatic rings. The number of nitrogens with zero attached hydrogens (tertiary/aromatic N) is 1. The van der Waals surface area contributed by atoms with Crippen LogP contribution in [0.25, 0.3) is 0 Å². The van der Waals surface area contributed by atoms with Gasteiger partial charge < -0.3 is 19.9 Å². The number of hydrogen-bond acceptors (Lipinski definition) is 6. The molecule has 176 valence electrons. The average molecular weight is 455 g/mol. The van der Waals surface area contributed by atoms with Gasteiger partial charge in [-0.05, 0) is 62.6 Å². The number of carbonyl (C=O) groups is 3. The lowest BCUT2D eigenvalue weighted by Crippen LogP contribution is -2.54. The van der Waals surface area contributed by atoms with Crippen molar-refractivity contribution >= 4 is 18.0 Å². The van der Waals surface area contributed by atoms with Crippen LogP contribution >= 0.6 is 0 Å². The van der Waals surface area contributed by atoms with Gasteiger partial charge in [-0.25, -0.2) is 9.59 Å². The van der Waals surface area contributed by atoms with Crippen molar-refractivity contribution < 1.29 is 29.0 Å². The first-order valence-electron chi connectivity index (χ1n) is 10.8. The molecular formula is C25H30N2O6. The zero-order valence-corrected chi connectivity index (χ0v) is 19.3. The third kappa shape index (κ3) is 6.10. The molecule has 2 aromatic rings. The maximum Gasteiger partial charge on any atom is 0.410 e. The molecule has 2 N–H and O–H groups in total. The van der Waals surface area contributed by atoms with Crippen molar-refractivity contribution in [3.8, 4) is 0 Å². The number of aliphatic hydroxyl groups excluding tert-OH is 1. The van der Waals surface area contributed by atoms with E-state index >= 15 is 0 Å². The number of carbonyl (C=O) groups excluding carboxylic acids is 3. The predicted molar refractivity (Wildman–Crippen MR) is 122 cm³/mol. The van der Waals surface area contributed by atoms with E-state index in [4.69, 9.17) is 4.74 Å². The van der Waals surface area contributed by atoms with Crippen molar-refractivity contribution in [2.75, 3.05) is 13.7 Å². The molecule has 3 rings (SSSR count). The fourth-order valence-electron chi connectivity index (χ4n) is 3.72. The smallest absolute Gasteiger partial charge is 0.410 e. The molecule has 0 spiro atoms. The van der Waals surface area contributed by atoms with Crippen molar-refractivity contribution in [1.29, 1.82) is 0 Å². The summed E-state index contributed by atoms with van der Waals surface area (Å²) in [6.07, 6.45) is -1.07. The highest BCUT2D eigenvalue weighted by atomic mass is 16.6. The molecule has 1 aliphatic heterocycles. The fraction of sp³-hybridized carbons (Fsp3) is 0.400. The molecule has 0 unspecified atom stereocenters. The van der Waals surface area contributed by atoms with Crippen molar-refractivity contribution in [1.82, 2.24) is 10.2 Å². The maximum atomic E-state index is 12.9. The zero-order valence-electron chi connectivity index (χ0n) is 19.3. The van der Waals surface area contributed by atoms with E-state index in [2.05, 4.69) is 10.1 Å². The Morgan fingerprint density at radius 1 is 1.06 bits per heavy atom. The van der Waals surface area contributed by atoms with E-state index in [1.165, 1.54) is 36.3 Å². The van der Waals surface area contributed by atoms with Crippen LogP contribution < -0.4 is 5.32 Å². The van der Waals surface area contributed by atoms with Crippen LogP contribution in [0.2, 0.25) is 0 Å². The number of rotatable bonds is 5. The van der Waals surface area contributed by atoms with Gasteiger partial charge in [0.25, 0.3) is 5.91 Å². The molecule has 0 radical (unpaired) electrons. The number of hydrogen-bond donors (Lipinski definition) is 2. The molecule has 2 amide bonds. The summed E-state index contributed by atoms with van der Waals surface area (Å²) in [6.45, 7) is 5.64. The van der Waals surface area contributed by atoms with E-state index in [0.717, 1.165) is 11.1 Å². The van der Waals surface area contributed by atoms with Crippen LogP contribution in [-0.2, 0) is 22.4 Å². The van der Waals surface area contributed by atoms with E-state index in [-0.39, 0.29) is 6.54 Å². The molecule has 2 aromatic carbocycles. The largest absolute Gasteiger partial charge is 0.465 e. The number of aliphatic hydroxyl groups is 1. The minimum absolute atomic E-state index is 0.0519. The summed E-state index contributed by atoms with van der Waals surface area (Å²) in [4.78, 5) is 38.5. The van der Waals surface area contributed by atoms with E-state index in [9.17, 15) is 19.5 Å². The van der Waals surface area contributed by atoms with Crippen molar-refractivity contribution in [2.45, 2.75) is 51.5 Å². The van der Waals surface area contributed by atoms with Crippen LogP contribution in [0.4, 0.5) is 4.79 Å². The van der Waals surface area contributed by atoms with Gasteiger partial charge in [0.1, 0.15) is 5.60 Å². The molecule has 0 saturated heterocycles. The van der Waals surface area contributed by atoms with E-state index < -0.39 is 35.7 Å². The molecular weight excluding hydrogens is 424 g/mol. The first kappa shape index (κ1) is 24.3. The summed E-state index contributed by atoms with van der Waals surface area (Å²) in [6, 6.07) is 13.2. The average Bonchev–Trinajstić information content (AvgIpc) is 2.79. The summed E-state index contributed by atoms with van der Waals surface area (Å²) in [5.41, 5.74) is 2.05. The van der Waals surface area contributed by atoms with Crippen LogP contribution in [0.5, 0.6) is 0 Å². The lowest BCUT2D eigenvalue weighted by Gasteiger charge is -2.40. The van der Waals surface area contributed by atoms with E-state index in [0.29, 0.717) is 24.1 Å². The van der Waals surface area contributed by atoms with Gasteiger partial charge in [-0.1, -0.05) is 24.3 Å². The van der Waals surface area contributed by atoms with Gasteiger partial charge in [0.15, 0.2) is 0 Å². The summed E-state index contributed by atoms with van der Waals surface area (Å²) < 4.78 is 10.2. The van der Waals surface area contributed by atoms with Crippen LogP contribution in [0, 0.1) is 0 Å². The van der Waals surface area contributed by atoms with Gasteiger partial charge in [0.05, 0.1) is 24.8 Å². The second-order valence-corrected chi connectivity index (χ2v) is 8.99. The summed E-state index contributed by atoms with van der Waals surface area (Å²) in [5, 5.41) is 13.6. The van der Waals surface area contributed by atoms with E-state index in [1.54, 1.807) is 20.8 Å². The van der Waals surface area contributed by atoms with Crippen molar-refractivity contribution in [3.05, 3.63) is 70.8 Å². The normalized spacial score (nSPS) is 16.4. The predicted octanol–water partition coefficient (Wildman–Crippen LogP) is 2.93. The third-order valence-corrected chi connectivity index (χ3v) is 5.40. The first-order valence-corrected chi connectivity index (χ1v) is 10.8. The number of nitrogens with one attached hydrogen (secondary N) is 1. The van der Waals surface area contributed by atoms with Crippen molar-refractivity contribution in [2.24, 2.45) is 0 Å². The number of methoxy groups -OCH3 is 1. The Balaban J connectivity index is 1.70. The molecule has 0 aromatic heterocycles. The molecule has 8 heteroatoms. The Kier molecular flexibility index (Phi) is 7.38. The first-order chi connectivity index (χ1) is 15.6. The minimum Gasteiger partial charge on any atom is -0.465 e. The Labute approximate surface area is 193 Å². The molecule has 0 fully saturated rings. The lowest BCUT2D eigenvalue weighted by atomic mass is 9.91. The Hall–Kier alpha value is -3.39. The maximum absolute atomic E-state index is 12.9. The van der Waals surface area contributed by atoms with Crippen molar-refractivity contribution in [3.63, 3.8) is 0 Å². The molecule has 0 bridgehead atoms. The monoisotopic (exact) mass is 454 g/mol. The Morgan fingerprint density at radius 3 is 2.27 bits per heavy atom. The molecule has 2 atom stereocenters. The number of fused-ring (bicyclic) bond motifs is 1. The highest BCUT2D eigenvalue weighted by Gasteiger charge is 2.36. The van der Waals surface area contributed by atoms with Crippen LogP contribution in [0.15, 0.2) is 48.5 Å². The van der Waals surface area contributed by atoms with Gasteiger partial charge in [0.2, 0.25) is 0 Å². The van der Waals surface area contributed by atoms with E-state index in [1.807, 2.05) is 24.3 Å². The van der Waals surface area contributed by atoms with Gasteiger partial charge >= 0.3 is 12.1 Å². The molecule has 0 aliphatic carbocycles. The topological polar surface area (TPSA) is 105 Å². The highest BCUT2D eigenvalue weighted by Crippen LogP contribution is 2.27. The third-order valence-electron chi connectivity index (χ3n) is 5.40.